The number of benzene rings is 1. The second-order valence-corrected chi connectivity index (χ2v) is 3.31. The summed E-state index contributed by atoms with van der Waals surface area (Å²) in [5.41, 5.74) is 1.01. The van der Waals surface area contributed by atoms with Crippen molar-refractivity contribution in [2.24, 2.45) is 0 Å². The zero-order valence-corrected chi connectivity index (χ0v) is 9.01. The summed E-state index contributed by atoms with van der Waals surface area (Å²) in [6.07, 6.45) is 1.49. The fourth-order valence-corrected chi connectivity index (χ4v) is 1.08. The Kier molecular flexibility index (Phi) is 4.54. The van der Waals surface area contributed by atoms with Crippen molar-refractivity contribution in [2.75, 3.05) is 6.61 Å². The van der Waals surface area contributed by atoms with Gasteiger partial charge in [0.25, 0.3) is 0 Å². The molecule has 0 saturated carbocycles. The normalized spacial score (nSPS) is 11.2. The van der Waals surface area contributed by atoms with E-state index in [2.05, 4.69) is 0 Å². The number of rotatable bonds is 5. The van der Waals surface area contributed by atoms with Crippen molar-refractivity contribution in [1.29, 1.82) is 0 Å². The summed E-state index contributed by atoms with van der Waals surface area (Å²) in [6, 6.07) is 7.02. The van der Waals surface area contributed by atoms with E-state index in [0.717, 1.165) is 5.56 Å². The number of aliphatic hydroxyl groups is 1. The van der Waals surface area contributed by atoms with E-state index in [0.29, 0.717) is 5.75 Å². The maximum atomic E-state index is 10.5. The minimum Gasteiger partial charge on any atom is -0.490 e. The average molecular weight is 222 g/mol. The fraction of sp³-hybridized carbons (Fsp3) is 0.250. The highest BCUT2D eigenvalue weighted by Crippen LogP contribution is 2.13. The third-order valence-electron chi connectivity index (χ3n) is 2.06. The summed E-state index contributed by atoms with van der Waals surface area (Å²) in [5, 5.41) is 17.5. The van der Waals surface area contributed by atoms with E-state index in [9.17, 15) is 4.79 Å². The molecule has 16 heavy (non-hydrogen) atoms. The summed E-state index contributed by atoms with van der Waals surface area (Å²) in [4.78, 5) is 10.5. The number of carbonyl (C=O) groups is 1. The second-order valence-electron chi connectivity index (χ2n) is 3.31. The molecule has 0 unspecified atom stereocenters. The number of hydrogen-bond donors (Lipinski definition) is 2. The van der Waals surface area contributed by atoms with Crippen LogP contribution < -0.4 is 4.74 Å². The summed E-state index contributed by atoms with van der Waals surface area (Å²) in [6.45, 7) is 1.67. The van der Waals surface area contributed by atoms with Crippen molar-refractivity contribution in [1.82, 2.24) is 0 Å². The van der Waals surface area contributed by atoms with Crippen LogP contribution in [-0.4, -0.2) is 22.8 Å². The lowest BCUT2D eigenvalue weighted by Crippen LogP contribution is -2.00. The third kappa shape index (κ3) is 3.74. The molecule has 0 aliphatic heterocycles. The average Bonchev–Trinajstić information content (AvgIpc) is 2.29. The van der Waals surface area contributed by atoms with Crippen LogP contribution in [0.4, 0.5) is 0 Å². The van der Waals surface area contributed by atoms with Crippen LogP contribution in [-0.2, 0) is 11.4 Å². The predicted molar refractivity (Wildman–Crippen MR) is 59.3 cm³/mol. The number of carboxylic acid groups (broad SMARTS) is 1. The van der Waals surface area contributed by atoms with Gasteiger partial charge in [0.2, 0.25) is 0 Å². The highest BCUT2D eigenvalue weighted by Gasteiger charge is 1.99. The van der Waals surface area contributed by atoms with Gasteiger partial charge in [0.05, 0.1) is 6.61 Å². The van der Waals surface area contributed by atoms with E-state index in [1.807, 2.05) is 0 Å². The molecule has 0 radical (unpaired) electrons. The molecular weight excluding hydrogens is 208 g/mol. The molecule has 0 heterocycles. The molecule has 0 amide bonds. The number of aliphatic hydroxyl groups excluding tert-OH is 1. The lowest BCUT2D eigenvalue weighted by Gasteiger charge is -2.04. The molecule has 1 aromatic rings. The summed E-state index contributed by atoms with van der Waals surface area (Å²) < 4.78 is 5.32. The first-order chi connectivity index (χ1) is 7.63. The van der Waals surface area contributed by atoms with Gasteiger partial charge >= 0.3 is 5.97 Å². The van der Waals surface area contributed by atoms with Crippen LogP contribution in [0.1, 0.15) is 12.5 Å². The Labute approximate surface area is 93.8 Å². The van der Waals surface area contributed by atoms with Gasteiger partial charge in [0.15, 0.2) is 0 Å². The van der Waals surface area contributed by atoms with E-state index in [4.69, 9.17) is 14.9 Å². The van der Waals surface area contributed by atoms with Crippen molar-refractivity contribution < 1.29 is 19.7 Å². The molecule has 4 nitrogen and oxygen atoms in total. The van der Waals surface area contributed by atoms with Crippen molar-refractivity contribution in [3.05, 3.63) is 41.5 Å². The Morgan fingerprint density at radius 1 is 1.50 bits per heavy atom. The van der Waals surface area contributed by atoms with Gasteiger partial charge in [0, 0.05) is 5.57 Å². The number of ether oxygens (including phenoxy) is 1. The van der Waals surface area contributed by atoms with Gasteiger partial charge in [-0.3, -0.25) is 0 Å². The van der Waals surface area contributed by atoms with E-state index >= 15 is 0 Å². The molecule has 0 saturated heterocycles. The molecule has 1 rings (SSSR count). The Hall–Kier alpha value is -1.81. The van der Waals surface area contributed by atoms with Gasteiger partial charge in [0.1, 0.15) is 12.4 Å². The van der Waals surface area contributed by atoms with E-state index in [-0.39, 0.29) is 18.8 Å². The molecule has 0 aliphatic rings. The first-order valence-electron chi connectivity index (χ1n) is 4.86. The van der Waals surface area contributed by atoms with Crippen LogP contribution in [0.25, 0.3) is 0 Å². The molecule has 86 valence electrons. The number of aliphatic carboxylic acids is 1. The molecule has 0 fully saturated rings. The first kappa shape index (κ1) is 12.3. The van der Waals surface area contributed by atoms with E-state index < -0.39 is 5.97 Å². The van der Waals surface area contributed by atoms with Gasteiger partial charge < -0.3 is 14.9 Å². The second kappa shape index (κ2) is 5.92. The third-order valence-corrected chi connectivity index (χ3v) is 2.06. The zero-order valence-electron chi connectivity index (χ0n) is 9.01. The largest absolute Gasteiger partial charge is 0.490 e. The molecule has 0 atom stereocenters. The highest BCUT2D eigenvalue weighted by molar-refractivity contribution is 5.85. The fourth-order valence-electron chi connectivity index (χ4n) is 1.08. The van der Waals surface area contributed by atoms with Crippen molar-refractivity contribution >= 4 is 5.97 Å². The molecule has 0 aromatic heterocycles. The highest BCUT2D eigenvalue weighted by atomic mass is 16.5. The van der Waals surface area contributed by atoms with Crippen molar-refractivity contribution in [3.8, 4) is 5.75 Å². The van der Waals surface area contributed by atoms with Crippen LogP contribution in [0.2, 0.25) is 0 Å². The van der Waals surface area contributed by atoms with Crippen LogP contribution in [0.3, 0.4) is 0 Å². The Balaban J connectivity index is 2.55. The summed E-state index contributed by atoms with van der Waals surface area (Å²) in [5.74, 6) is -0.339. The maximum absolute atomic E-state index is 10.5. The minimum absolute atomic E-state index is 0.0405. The Bertz CT molecular complexity index is 396. The standard InChI is InChI=1S/C12H14O4/c1-9(12(14)15)5-6-16-11-4-2-3-10(7-11)8-13/h2-5,7,13H,6,8H2,1H3,(H,14,15). The monoisotopic (exact) mass is 222 g/mol. The maximum Gasteiger partial charge on any atom is 0.331 e. The van der Waals surface area contributed by atoms with Gasteiger partial charge in [-0.1, -0.05) is 12.1 Å². The quantitative estimate of drug-likeness (QED) is 0.742. The van der Waals surface area contributed by atoms with Crippen molar-refractivity contribution in [2.45, 2.75) is 13.5 Å². The predicted octanol–water partition coefficient (Wildman–Crippen LogP) is 1.59. The molecule has 1 aromatic carbocycles. The van der Waals surface area contributed by atoms with Crippen LogP contribution in [0.5, 0.6) is 5.75 Å². The Morgan fingerprint density at radius 2 is 2.25 bits per heavy atom. The van der Waals surface area contributed by atoms with Gasteiger partial charge in [-0.2, -0.15) is 0 Å². The van der Waals surface area contributed by atoms with Crippen LogP contribution in [0, 0.1) is 0 Å². The SMILES string of the molecule is CC(=CCOc1cccc(CO)c1)C(=O)O. The molecule has 2 N–H and O–H groups in total. The molecule has 4 heteroatoms. The molecule has 0 bridgehead atoms. The number of carboxylic acids is 1. The van der Waals surface area contributed by atoms with E-state index in [1.165, 1.54) is 13.0 Å². The lowest BCUT2D eigenvalue weighted by molar-refractivity contribution is -0.132. The lowest BCUT2D eigenvalue weighted by atomic mass is 10.2. The summed E-state index contributed by atoms with van der Waals surface area (Å²) >= 11 is 0. The van der Waals surface area contributed by atoms with E-state index in [1.54, 1.807) is 24.3 Å². The molecule has 0 spiro atoms. The smallest absolute Gasteiger partial charge is 0.331 e. The zero-order chi connectivity index (χ0) is 12.0. The molecule has 0 aliphatic carbocycles. The van der Waals surface area contributed by atoms with Gasteiger partial charge in [-0.05, 0) is 30.7 Å². The van der Waals surface area contributed by atoms with Gasteiger partial charge in [-0.25, -0.2) is 4.79 Å². The minimum atomic E-state index is -0.951. The van der Waals surface area contributed by atoms with Gasteiger partial charge in [-0.15, -0.1) is 0 Å². The molecular formula is C12H14O4. The first-order valence-corrected chi connectivity index (χ1v) is 4.86. The summed E-state index contributed by atoms with van der Waals surface area (Å²) in [7, 11) is 0. The topological polar surface area (TPSA) is 66.8 Å². The van der Waals surface area contributed by atoms with Crippen molar-refractivity contribution in [3.63, 3.8) is 0 Å². The van der Waals surface area contributed by atoms with Crippen LogP contribution >= 0.6 is 0 Å². The van der Waals surface area contributed by atoms with Crippen LogP contribution in [0.15, 0.2) is 35.9 Å². The Morgan fingerprint density at radius 3 is 2.88 bits per heavy atom. The number of hydrogen-bond acceptors (Lipinski definition) is 3.